The minimum atomic E-state index is -1.07. The van der Waals surface area contributed by atoms with Crippen LogP contribution in [0.2, 0.25) is 0 Å². The van der Waals surface area contributed by atoms with Gasteiger partial charge in [0.1, 0.15) is 24.2 Å². The van der Waals surface area contributed by atoms with Gasteiger partial charge in [0.25, 0.3) is 0 Å². The number of amides is 4. The lowest BCUT2D eigenvalue weighted by atomic mass is 9.87. The topological polar surface area (TPSA) is 189 Å². The summed E-state index contributed by atoms with van der Waals surface area (Å²) in [5.74, 6) is -3.86. The molecule has 8 atom stereocenters. The number of carbonyl (C=O) groups excluding carboxylic acids is 6. The fraction of sp³-hybridized carbons (Fsp3) is 0.658. The second-order valence-corrected chi connectivity index (χ2v) is 16.9. The molecule has 1 aromatic carbocycles. The second-order valence-electron chi connectivity index (χ2n) is 14.4. The van der Waals surface area contributed by atoms with Gasteiger partial charge in [-0.2, -0.15) is 0 Å². The zero-order valence-corrected chi connectivity index (χ0v) is 32.6. The Morgan fingerprint density at radius 2 is 1.20 bits per heavy atom. The van der Waals surface area contributed by atoms with Gasteiger partial charge in [-0.15, -0.1) is 23.5 Å². The molecular weight excluding hydrogens is 737 g/mol. The van der Waals surface area contributed by atoms with Crippen LogP contribution in [0, 0.1) is 11.8 Å². The number of benzene rings is 1. The van der Waals surface area contributed by atoms with E-state index in [9.17, 15) is 38.7 Å². The zero-order chi connectivity index (χ0) is 38.8. The van der Waals surface area contributed by atoms with Gasteiger partial charge in [-0.1, -0.05) is 30.3 Å². The van der Waals surface area contributed by atoms with E-state index in [4.69, 9.17) is 9.47 Å². The minimum Gasteiger partial charge on any atom is -0.481 e. The van der Waals surface area contributed by atoms with E-state index in [1.54, 1.807) is 33.3 Å². The first-order chi connectivity index (χ1) is 26.0. The van der Waals surface area contributed by atoms with Crippen LogP contribution < -0.4 is 10.6 Å². The number of hydrogen-bond acceptors (Lipinski definition) is 11. The van der Waals surface area contributed by atoms with Gasteiger partial charge in [0.05, 0.1) is 25.0 Å². The molecule has 0 saturated carbocycles. The Balaban J connectivity index is 1.31. The first-order valence-electron chi connectivity index (χ1n) is 18.9. The van der Waals surface area contributed by atoms with Crippen LogP contribution in [-0.2, 0) is 49.5 Å². The Kier molecular flexibility index (Phi) is 15.1. The van der Waals surface area contributed by atoms with Crippen molar-refractivity contribution in [3.63, 3.8) is 0 Å². The number of methoxy groups -OCH3 is 2. The lowest BCUT2D eigenvalue weighted by Crippen LogP contribution is -2.58. The number of ether oxygens (including phenoxy) is 2. The predicted molar refractivity (Wildman–Crippen MR) is 202 cm³/mol. The molecule has 0 bridgehead atoms. The van der Waals surface area contributed by atoms with Gasteiger partial charge in [0.15, 0.2) is 0 Å². The molecule has 4 fully saturated rings. The van der Waals surface area contributed by atoms with Crippen LogP contribution in [0.1, 0.15) is 82.6 Å². The Morgan fingerprint density at radius 3 is 1.69 bits per heavy atom. The highest BCUT2D eigenvalue weighted by molar-refractivity contribution is 8.00. The minimum absolute atomic E-state index is 0.00275. The normalized spacial score (nSPS) is 26.9. The molecule has 0 unspecified atom stereocenters. The Labute approximate surface area is 324 Å². The highest BCUT2D eigenvalue weighted by Crippen LogP contribution is 2.36. The molecule has 0 spiro atoms. The highest BCUT2D eigenvalue weighted by atomic mass is 32.2. The van der Waals surface area contributed by atoms with Crippen molar-refractivity contribution in [1.82, 2.24) is 20.4 Å². The van der Waals surface area contributed by atoms with Crippen molar-refractivity contribution in [3.05, 3.63) is 35.9 Å². The fourth-order valence-corrected chi connectivity index (χ4v) is 10.8. The molecule has 1 aromatic rings. The molecule has 16 heteroatoms. The summed E-state index contributed by atoms with van der Waals surface area (Å²) in [5, 5.41) is 15.0. The molecule has 5 rings (SSSR count). The maximum atomic E-state index is 14.1. The number of hydrogen-bond donors (Lipinski definition) is 3. The molecule has 0 aromatic heterocycles. The summed E-state index contributed by atoms with van der Waals surface area (Å²) in [4.78, 5) is 96.0. The van der Waals surface area contributed by atoms with Crippen LogP contribution in [0.15, 0.2) is 30.3 Å². The van der Waals surface area contributed by atoms with Gasteiger partial charge in [0.2, 0.25) is 23.6 Å². The number of rotatable bonds is 14. The molecule has 4 heterocycles. The number of carbonyl (C=O) groups is 7. The molecule has 0 aliphatic carbocycles. The van der Waals surface area contributed by atoms with E-state index in [1.165, 1.54) is 14.2 Å². The molecule has 4 amide bonds. The molecule has 4 aliphatic heterocycles. The molecule has 54 heavy (non-hydrogen) atoms. The Bertz CT molecular complexity index is 1530. The average Bonchev–Trinajstić information content (AvgIpc) is 3.43. The summed E-state index contributed by atoms with van der Waals surface area (Å²) in [6.07, 6.45) is 5.12. The zero-order valence-electron chi connectivity index (χ0n) is 30.9. The van der Waals surface area contributed by atoms with Crippen molar-refractivity contribution in [3.8, 4) is 0 Å². The largest absolute Gasteiger partial charge is 0.481 e. The molecule has 4 aliphatic rings. The number of carboxylic acid groups (broad SMARTS) is 1. The van der Waals surface area contributed by atoms with Crippen LogP contribution in [0.4, 0.5) is 0 Å². The molecule has 0 radical (unpaired) electrons. The Hall–Kier alpha value is -3.79. The van der Waals surface area contributed by atoms with Gasteiger partial charge in [0, 0.05) is 18.3 Å². The number of esters is 2. The summed E-state index contributed by atoms with van der Waals surface area (Å²) < 4.78 is 10.0. The van der Waals surface area contributed by atoms with E-state index in [0.717, 1.165) is 31.2 Å². The average molecular weight is 789 g/mol. The second kappa shape index (κ2) is 19.7. The first-order valence-corrected chi connectivity index (χ1v) is 21.0. The van der Waals surface area contributed by atoms with Crippen molar-refractivity contribution in [2.45, 2.75) is 118 Å². The number of thioether (sulfide) groups is 2. The maximum absolute atomic E-state index is 14.1. The molecule has 296 valence electrons. The van der Waals surface area contributed by atoms with E-state index in [-0.39, 0.29) is 54.2 Å². The monoisotopic (exact) mass is 788 g/mol. The standard InChI is InChI=1S/C38H52N4O10S2/c1-51-37(49)28-10-6-12-30-41(28)35(47)26(18-20-53-30)39-33(45)24(16-17-32(43)44)14-15-25(22-23-8-4-3-5-9-23)34(46)40-27-19-21-54-31-13-7-11-29(38(50)52-2)42(31)36(27)48/h3-5,8-9,24-31H,6-7,10-22H2,1-2H3,(H,39,45)(H,40,46)(H,43,44)/t24-,25-,26+,27+,28+,29+,30+,31+/m1/s1. The van der Waals surface area contributed by atoms with E-state index < -0.39 is 59.8 Å². The number of fused-ring (bicyclic) bond motifs is 2. The van der Waals surface area contributed by atoms with Gasteiger partial charge in [-0.3, -0.25) is 24.0 Å². The van der Waals surface area contributed by atoms with Gasteiger partial charge in [-0.25, -0.2) is 9.59 Å². The smallest absolute Gasteiger partial charge is 0.328 e. The quantitative estimate of drug-likeness (QED) is 0.234. The van der Waals surface area contributed by atoms with E-state index in [1.807, 2.05) is 30.3 Å². The van der Waals surface area contributed by atoms with E-state index in [0.29, 0.717) is 43.6 Å². The number of piperidine rings is 2. The van der Waals surface area contributed by atoms with Gasteiger partial charge in [-0.05, 0) is 94.1 Å². The predicted octanol–water partition coefficient (Wildman–Crippen LogP) is 3.11. The lowest BCUT2D eigenvalue weighted by Gasteiger charge is -2.40. The van der Waals surface area contributed by atoms with Crippen LogP contribution in [0.5, 0.6) is 0 Å². The van der Waals surface area contributed by atoms with Crippen LogP contribution >= 0.6 is 23.5 Å². The van der Waals surface area contributed by atoms with Crippen LogP contribution in [0.3, 0.4) is 0 Å². The highest BCUT2D eigenvalue weighted by Gasteiger charge is 2.45. The third-order valence-corrected chi connectivity index (χ3v) is 13.5. The van der Waals surface area contributed by atoms with Crippen molar-refractivity contribution >= 4 is 65.1 Å². The molecule has 3 N–H and O–H groups in total. The van der Waals surface area contributed by atoms with E-state index >= 15 is 0 Å². The van der Waals surface area contributed by atoms with Crippen molar-refractivity contribution in [1.29, 1.82) is 0 Å². The summed E-state index contributed by atoms with van der Waals surface area (Å²) in [7, 11) is 2.59. The van der Waals surface area contributed by atoms with Crippen molar-refractivity contribution in [2.75, 3.05) is 25.7 Å². The SMILES string of the molecule is COC(=O)[C@@H]1CCC[C@@H]2SCC[C@H](NC(=O)[C@@H](CCC(=O)O)CC[C@H](Cc3ccccc3)C(=O)N[C@H]3CCS[C@H]4CCC[C@@H](C(=O)OC)N4C3=O)C(=O)N21. The summed E-state index contributed by atoms with van der Waals surface area (Å²) in [6.45, 7) is 0. The Morgan fingerprint density at radius 1 is 0.722 bits per heavy atom. The van der Waals surface area contributed by atoms with Gasteiger partial charge >= 0.3 is 17.9 Å². The third-order valence-electron chi connectivity index (χ3n) is 10.9. The molecule has 14 nitrogen and oxygen atoms in total. The number of aliphatic carboxylic acids is 1. The van der Waals surface area contributed by atoms with Crippen molar-refractivity contribution in [2.24, 2.45) is 11.8 Å². The first kappa shape index (κ1) is 41.4. The summed E-state index contributed by atoms with van der Waals surface area (Å²) in [5.41, 5.74) is 0.881. The number of nitrogens with one attached hydrogen (secondary N) is 2. The fourth-order valence-electron chi connectivity index (χ4n) is 8.01. The summed E-state index contributed by atoms with van der Waals surface area (Å²) >= 11 is 3.17. The molecule has 4 saturated heterocycles. The number of carboxylic acids is 1. The van der Waals surface area contributed by atoms with Gasteiger partial charge < -0.3 is 35.0 Å². The molecular formula is C38H52N4O10S2. The van der Waals surface area contributed by atoms with E-state index in [2.05, 4.69) is 10.6 Å². The third kappa shape index (κ3) is 10.3. The lowest BCUT2D eigenvalue weighted by molar-refractivity contribution is -0.156. The number of nitrogens with zero attached hydrogens (tertiary/aromatic N) is 2. The summed E-state index contributed by atoms with van der Waals surface area (Å²) in [6, 6.07) is 6.18. The van der Waals surface area contributed by atoms with Crippen molar-refractivity contribution < 1.29 is 48.1 Å². The van der Waals surface area contributed by atoms with Crippen LogP contribution in [0.25, 0.3) is 0 Å². The van der Waals surface area contributed by atoms with Crippen LogP contribution in [-0.4, -0.2) is 117 Å². The maximum Gasteiger partial charge on any atom is 0.328 e.